The lowest BCUT2D eigenvalue weighted by Gasteiger charge is -1.93. The van der Waals surface area contributed by atoms with Crippen molar-refractivity contribution in [3.05, 3.63) is 65.8 Å². The molecule has 1 aromatic carbocycles. The smallest absolute Gasteiger partial charge is 0.330 e. The summed E-state index contributed by atoms with van der Waals surface area (Å²) >= 11 is 0. The lowest BCUT2D eigenvalue weighted by molar-refractivity contribution is -0.134. The molecule has 0 radical (unpaired) electrons. The van der Waals surface area contributed by atoms with Crippen LogP contribution in [0, 0.1) is 0 Å². The molecule has 0 aliphatic rings. The second kappa shape index (κ2) is 7.23. The van der Waals surface area contributed by atoms with Gasteiger partial charge in [0.15, 0.2) is 0 Å². The van der Waals surface area contributed by atoms with E-state index in [1.807, 2.05) is 49.4 Å². The van der Waals surface area contributed by atoms with Gasteiger partial charge < -0.3 is 4.74 Å². The molecule has 0 N–H and O–H groups in total. The second-order valence-corrected chi connectivity index (χ2v) is 3.54. The summed E-state index contributed by atoms with van der Waals surface area (Å²) in [6.45, 7) is 2.01. The minimum atomic E-state index is -0.348. The van der Waals surface area contributed by atoms with E-state index >= 15 is 0 Å². The SMILES string of the molecule is COC(=O)/C=C/C=C/C(C)=C/c1ccccc1. The molecule has 0 amide bonds. The maximum Gasteiger partial charge on any atom is 0.330 e. The fourth-order valence-electron chi connectivity index (χ4n) is 1.27. The van der Waals surface area contributed by atoms with Gasteiger partial charge in [0.05, 0.1) is 7.11 Å². The third kappa shape index (κ3) is 5.52. The van der Waals surface area contributed by atoms with Crippen molar-refractivity contribution in [2.75, 3.05) is 7.11 Å². The van der Waals surface area contributed by atoms with Crippen molar-refractivity contribution < 1.29 is 9.53 Å². The van der Waals surface area contributed by atoms with Gasteiger partial charge in [-0.3, -0.25) is 0 Å². The first-order valence-electron chi connectivity index (χ1n) is 5.38. The van der Waals surface area contributed by atoms with Crippen LogP contribution in [0.1, 0.15) is 12.5 Å². The number of hydrogen-bond donors (Lipinski definition) is 0. The predicted molar refractivity (Wildman–Crippen MR) is 70.4 cm³/mol. The van der Waals surface area contributed by atoms with Gasteiger partial charge in [-0.2, -0.15) is 0 Å². The van der Waals surface area contributed by atoms with E-state index < -0.39 is 0 Å². The Morgan fingerprint density at radius 2 is 1.76 bits per heavy atom. The van der Waals surface area contributed by atoms with Gasteiger partial charge in [0.2, 0.25) is 0 Å². The zero-order valence-electron chi connectivity index (χ0n) is 10.1. The average molecular weight is 228 g/mol. The van der Waals surface area contributed by atoms with E-state index in [-0.39, 0.29) is 5.97 Å². The molecule has 2 heteroatoms. The minimum Gasteiger partial charge on any atom is -0.466 e. The number of methoxy groups -OCH3 is 1. The molecule has 0 spiro atoms. The molecule has 0 heterocycles. The molecule has 0 saturated carbocycles. The number of allylic oxidation sites excluding steroid dienone is 4. The number of benzene rings is 1. The Morgan fingerprint density at radius 3 is 2.41 bits per heavy atom. The highest BCUT2D eigenvalue weighted by atomic mass is 16.5. The van der Waals surface area contributed by atoms with E-state index in [2.05, 4.69) is 10.8 Å². The van der Waals surface area contributed by atoms with Crippen LogP contribution in [0.3, 0.4) is 0 Å². The summed E-state index contributed by atoms with van der Waals surface area (Å²) in [5.74, 6) is -0.348. The van der Waals surface area contributed by atoms with Crippen LogP contribution < -0.4 is 0 Å². The van der Waals surface area contributed by atoms with Gasteiger partial charge in [0, 0.05) is 6.08 Å². The normalized spacial score (nSPS) is 12.2. The van der Waals surface area contributed by atoms with Crippen LogP contribution in [0.15, 0.2) is 60.2 Å². The lowest BCUT2D eigenvalue weighted by Crippen LogP contribution is -1.92. The third-order valence-electron chi connectivity index (χ3n) is 2.10. The van der Waals surface area contributed by atoms with Crippen molar-refractivity contribution in [3.8, 4) is 0 Å². The number of ether oxygens (including phenoxy) is 1. The zero-order chi connectivity index (χ0) is 12.5. The molecule has 0 atom stereocenters. The maximum absolute atomic E-state index is 10.8. The van der Waals surface area contributed by atoms with Crippen LogP contribution in [0.2, 0.25) is 0 Å². The number of esters is 1. The van der Waals surface area contributed by atoms with Gasteiger partial charge in [-0.25, -0.2) is 4.79 Å². The highest BCUT2D eigenvalue weighted by molar-refractivity contribution is 5.82. The van der Waals surface area contributed by atoms with Crippen LogP contribution in [0.5, 0.6) is 0 Å². The van der Waals surface area contributed by atoms with E-state index in [1.54, 1.807) is 6.08 Å². The van der Waals surface area contributed by atoms with E-state index in [4.69, 9.17) is 0 Å². The number of rotatable bonds is 4. The monoisotopic (exact) mass is 228 g/mol. The average Bonchev–Trinajstić information content (AvgIpc) is 2.35. The lowest BCUT2D eigenvalue weighted by atomic mass is 10.1. The van der Waals surface area contributed by atoms with Crippen molar-refractivity contribution in [2.45, 2.75) is 6.92 Å². The second-order valence-electron chi connectivity index (χ2n) is 3.54. The molecular formula is C15H16O2. The molecule has 0 aromatic heterocycles. The van der Waals surface area contributed by atoms with Crippen LogP contribution in [-0.4, -0.2) is 13.1 Å². The van der Waals surface area contributed by atoms with E-state index in [0.717, 1.165) is 11.1 Å². The molecular weight excluding hydrogens is 212 g/mol. The van der Waals surface area contributed by atoms with Crippen molar-refractivity contribution in [1.29, 1.82) is 0 Å². The highest BCUT2D eigenvalue weighted by Crippen LogP contribution is 2.06. The van der Waals surface area contributed by atoms with Crippen LogP contribution in [0.4, 0.5) is 0 Å². The Morgan fingerprint density at radius 1 is 1.12 bits per heavy atom. The number of carbonyl (C=O) groups excluding carboxylic acids is 1. The van der Waals surface area contributed by atoms with Gasteiger partial charge in [-0.05, 0) is 12.5 Å². The molecule has 0 aliphatic carbocycles. The molecule has 1 rings (SSSR count). The maximum atomic E-state index is 10.8. The molecule has 2 nitrogen and oxygen atoms in total. The molecule has 0 bridgehead atoms. The molecule has 17 heavy (non-hydrogen) atoms. The number of hydrogen-bond acceptors (Lipinski definition) is 2. The summed E-state index contributed by atoms with van der Waals surface area (Å²) in [5, 5.41) is 0. The largest absolute Gasteiger partial charge is 0.466 e. The minimum absolute atomic E-state index is 0.348. The van der Waals surface area contributed by atoms with E-state index in [9.17, 15) is 4.79 Å². The molecule has 1 aromatic rings. The summed E-state index contributed by atoms with van der Waals surface area (Å²) in [5.41, 5.74) is 2.28. The Kier molecular flexibility index (Phi) is 5.52. The summed E-state index contributed by atoms with van der Waals surface area (Å²) < 4.78 is 4.48. The number of carbonyl (C=O) groups is 1. The predicted octanol–water partition coefficient (Wildman–Crippen LogP) is 3.38. The van der Waals surface area contributed by atoms with Gasteiger partial charge in [-0.15, -0.1) is 0 Å². The van der Waals surface area contributed by atoms with E-state index in [1.165, 1.54) is 13.2 Å². The van der Waals surface area contributed by atoms with Crippen molar-refractivity contribution in [2.24, 2.45) is 0 Å². The van der Waals surface area contributed by atoms with Gasteiger partial charge in [0.1, 0.15) is 0 Å². The van der Waals surface area contributed by atoms with Crippen LogP contribution >= 0.6 is 0 Å². The standard InChI is InChI=1S/C15H16O2/c1-13(8-6-7-11-15(16)17-2)12-14-9-4-3-5-10-14/h3-12H,1-2H3/b8-6+,11-7+,13-12+. The molecule has 0 unspecified atom stereocenters. The first-order valence-corrected chi connectivity index (χ1v) is 5.38. The summed E-state index contributed by atoms with van der Waals surface area (Å²) in [7, 11) is 1.36. The highest BCUT2D eigenvalue weighted by Gasteiger charge is 1.87. The van der Waals surface area contributed by atoms with Crippen molar-refractivity contribution in [1.82, 2.24) is 0 Å². The quantitative estimate of drug-likeness (QED) is 0.448. The molecule has 0 saturated heterocycles. The molecule has 88 valence electrons. The van der Waals surface area contributed by atoms with Gasteiger partial charge in [0.25, 0.3) is 0 Å². The topological polar surface area (TPSA) is 26.3 Å². The van der Waals surface area contributed by atoms with Gasteiger partial charge >= 0.3 is 5.97 Å². The van der Waals surface area contributed by atoms with Gasteiger partial charge in [-0.1, -0.05) is 60.2 Å². The first-order chi connectivity index (χ1) is 8.22. The summed E-state index contributed by atoms with van der Waals surface area (Å²) in [6, 6.07) is 10.1. The Labute approximate surface area is 102 Å². The Balaban J connectivity index is 2.57. The zero-order valence-corrected chi connectivity index (χ0v) is 10.1. The Bertz CT molecular complexity index is 439. The fourth-order valence-corrected chi connectivity index (χ4v) is 1.27. The van der Waals surface area contributed by atoms with Crippen LogP contribution in [-0.2, 0) is 9.53 Å². The van der Waals surface area contributed by atoms with Crippen LogP contribution in [0.25, 0.3) is 6.08 Å². The van der Waals surface area contributed by atoms with Crippen molar-refractivity contribution in [3.63, 3.8) is 0 Å². The molecule has 0 fully saturated rings. The Hall–Kier alpha value is -2.09. The third-order valence-corrected chi connectivity index (χ3v) is 2.10. The first kappa shape index (κ1) is 13.0. The fraction of sp³-hybridized carbons (Fsp3) is 0.133. The van der Waals surface area contributed by atoms with Crippen molar-refractivity contribution >= 4 is 12.0 Å². The van der Waals surface area contributed by atoms with E-state index in [0.29, 0.717) is 0 Å². The summed E-state index contributed by atoms with van der Waals surface area (Å²) in [4.78, 5) is 10.8. The molecule has 0 aliphatic heterocycles. The summed E-state index contributed by atoms with van der Waals surface area (Å²) in [6.07, 6.45) is 8.86.